The maximum absolute atomic E-state index is 12.8. The Bertz CT molecular complexity index is 1150. The topological polar surface area (TPSA) is 63.1 Å². The lowest BCUT2D eigenvalue weighted by atomic mass is 10.2. The van der Waals surface area contributed by atoms with Gasteiger partial charge in [-0.05, 0) is 24.6 Å². The molecular weight excluding hydrogens is 382 g/mol. The van der Waals surface area contributed by atoms with Gasteiger partial charge in [0.2, 0.25) is 0 Å². The van der Waals surface area contributed by atoms with Gasteiger partial charge in [0.25, 0.3) is 5.91 Å². The Kier molecular flexibility index (Phi) is 5.31. The Balaban J connectivity index is 1.54. The van der Waals surface area contributed by atoms with Crippen molar-refractivity contribution in [3.8, 4) is 0 Å². The van der Waals surface area contributed by atoms with E-state index >= 15 is 0 Å². The molecule has 1 N–H and O–H groups in total. The number of fused-ring (bicyclic) bond motifs is 1. The van der Waals surface area contributed by atoms with E-state index in [1.54, 1.807) is 6.20 Å². The van der Waals surface area contributed by atoms with Gasteiger partial charge in [-0.2, -0.15) is 5.10 Å². The van der Waals surface area contributed by atoms with E-state index in [0.717, 1.165) is 27.3 Å². The van der Waals surface area contributed by atoms with Crippen LogP contribution in [0.2, 0.25) is 0 Å². The Morgan fingerprint density at radius 1 is 1.17 bits per heavy atom. The van der Waals surface area contributed by atoms with Crippen molar-refractivity contribution in [1.82, 2.24) is 20.1 Å². The van der Waals surface area contributed by atoms with Crippen LogP contribution in [-0.2, 0) is 13.1 Å². The Morgan fingerprint density at radius 3 is 2.72 bits per heavy atom. The van der Waals surface area contributed by atoms with Crippen molar-refractivity contribution in [2.24, 2.45) is 0 Å². The van der Waals surface area contributed by atoms with Gasteiger partial charge < -0.3 is 10.2 Å². The summed E-state index contributed by atoms with van der Waals surface area (Å²) in [6.07, 6.45) is 1.76. The minimum Gasteiger partial charge on any atom is -0.362 e. The fraction of sp³-hybridized carbons (Fsp3) is 0.227. The van der Waals surface area contributed by atoms with Gasteiger partial charge in [0.05, 0.1) is 17.1 Å². The van der Waals surface area contributed by atoms with Crippen LogP contribution < -0.4 is 10.2 Å². The van der Waals surface area contributed by atoms with Gasteiger partial charge in [-0.3, -0.25) is 9.48 Å². The number of rotatable bonds is 6. The summed E-state index contributed by atoms with van der Waals surface area (Å²) < 4.78 is 1.98. The van der Waals surface area contributed by atoms with E-state index in [-0.39, 0.29) is 5.91 Å². The first-order valence-electron chi connectivity index (χ1n) is 9.43. The Morgan fingerprint density at radius 2 is 1.97 bits per heavy atom. The largest absolute Gasteiger partial charge is 0.362 e. The number of nitrogens with one attached hydrogen (secondary N) is 1. The lowest BCUT2D eigenvalue weighted by molar-refractivity contribution is 0.0955. The monoisotopic (exact) mass is 405 g/mol. The fourth-order valence-corrected chi connectivity index (χ4v) is 4.40. The van der Waals surface area contributed by atoms with Crippen LogP contribution in [0.1, 0.15) is 26.5 Å². The Hall–Kier alpha value is -3.19. The molecular formula is C22H23N5OS. The smallest absolute Gasteiger partial charge is 0.261 e. The number of carbonyl (C=O) groups excluding carboxylic acids is 1. The molecule has 4 aromatic rings. The molecule has 0 unspecified atom stereocenters. The van der Waals surface area contributed by atoms with Crippen molar-refractivity contribution in [2.45, 2.75) is 20.0 Å². The number of benzene rings is 1. The summed E-state index contributed by atoms with van der Waals surface area (Å²) in [5, 5.41) is 8.71. The number of amides is 1. The third kappa shape index (κ3) is 4.00. The molecule has 0 radical (unpaired) electrons. The van der Waals surface area contributed by atoms with Crippen molar-refractivity contribution in [1.29, 1.82) is 0 Å². The standard InChI is InChI=1S/C22H23N5OS/c1-15-18-12-19(21(28)24-13-17-10-7-11-23-20(17)26(2)3)29-22(18)27(25-15)14-16-8-5-4-6-9-16/h4-12H,13-14H2,1-3H3,(H,24,28). The molecule has 3 heterocycles. The molecule has 0 atom stereocenters. The van der Waals surface area contributed by atoms with E-state index < -0.39 is 0 Å². The maximum Gasteiger partial charge on any atom is 0.261 e. The van der Waals surface area contributed by atoms with Crippen LogP contribution in [0.25, 0.3) is 10.2 Å². The van der Waals surface area contributed by atoms with Gasteiger partial charge in [-0.25, -0.2) is 4.98 Å². The van der Waals surface area contributed by atoms with Gasteiger partial charge in [-0.15, -0.1) is 11.3 Å². The van der Waals surface area contributed by atoms with Crippen molar-refractivity contribution in [3.63, 3.8) is 0 Å². The highest BCUT2D eigenvalue weighted by atomic mass is 32.1. The molecule has 0 saturated heterocycles. The molecule has 1 amide bonds. The average Bonchev–Trinajstić information content (AvgIpc) is 3.28. The highest BCUT2D eigenvalue weighted by molar-refractivity contribution is 7.20. The molecule has 0 spiro atoms. The second kappa shape index (κ2) is 8.05. The van der Waals surface area contributed by atoms with Crippen LogP contribution in [-0.4, -0.2) is 34.8 Å². The third-order valence-corrected chi connectivity index (χ3v) is 5.88. The predicted molar refractivity (Wildman–Crippen MR) is 118 cm³/mol. The molecule has 0 aliphatic heterocycles. The van der Waals surface area contributed by atoms with Crippen molar-refractivity contribution >= 4 is 33.3 Å². The van der Waals surface area contributed by atoms with Crippen LogP contribution in [0.15, 0.2) is 54.7 Å². The highest BCUT2D eigenvalue weighted by Gasteiger charge is 2.17. The summed E-state index contributed by atoms with van der Waals surface area (Å²) in [5.41, 5.74) is 3.11. The molecule has 0 aliphatic carbocycles. The number of hydrogen-bond donors (Lipinski definition) is 1. The quantitative estimate of drug-likeness (QED) is 0.529. The number of pyridine rings is 1. The molecule has 0 bridgehead atoms. The molecule has 0 fully saturated rings. The van der Waals surface area contributed by atoms with E-state index in [9.17, 15) is 4.79 Å². The third-order valence-electron chi connectivity index (χ3n) is 4.74. The summed E-state index contributed by atoms with van der Waals surface area (Å²) in [4.78, 5) is 20.8. The van der Waals surface area contributed by atoms with Gasteiger partial charge in [0.15, 0.2) is 0 Å². The minimum atomic E-state index is -0.0783. The SMILES string of the molecule is Cc1nn(Cc2ccccc2)c2sc(C(=O)NCc3cccnc3N(C)C)cc12. The number of aromatic nitrogens is 3. The van der Waals surface area contributed by atoms with Gasteiger partial charge in [0, 0.05) is 37.8 Å². The van der Waals surface area contributed by atoms with Gasteiger partial charge >= 0.3 is 0 Å². The van der Waals surface area contributed by atoms with E-state index in [0.29, 0.717) is 18.0 Å². The average molecular weight is 406 g/mol. The fourth-order valence-electron chi connectivity index (χ4n) is 3.32. The number of carbonyl (C=O) groups is 1. The van der Waals surface area contributed by atoms with Crippen LogP contribution >= 0.6 is 11.3 Å². The minimum absolute atomic E-state index is 0.0783. The first-order chi connectivity index (χ1) is 14.0. The van der Waals surface area contributed by atoms with Gasteiger partial charge in [-0.1, -0.05) is 36.4 Å². The zero-order valence-corrected chi connectivity index (χ0v) is 17.5. The second-order valence-electron chi connectivity index (χ2n) is 7.12. The molecule has 0 aliphatic rings. The zero-order valence-electron chi connectivity index (χ0n) is 16.7. The van der Waals surface area contributed by atoms with E-state index in [1.165, 1.54) is 16.9 Å². The summed E-state index contributed by atoms with van der Waals surface area (Å²) in [6.45, 7) is 3.11. The summed E-state index contributed by atoms with van der Waals surface area (Å²) >= 11 is 1.48. The first-order valence-corrected chi connectivity index (χ1v) is 10.2. The van der Waals surface area contributed by atoms with E-state index in [1.807, 2.05) is 67.0 Å². The van der Waals surface area contributed by atoms with Crippen LogP contribution in [0.3, 0.4) is 0 Å². The van der Waals surface area contributed by atoms with Crippen LogP contribution in [0.4, 0.5) is 5.82 Å². The molecule has 148 valence electrons. The number of anilines is 1. The number of hydrogen-bond acceptors (Lipinski definition) is 5. The zero-order chi connectivity index (χ0) is 20.4. The molecule has 1 aromatic carbocycles. The lowest BCUT2D eigenvalue weighted by Crippen LogP contribution is -2.23. The first kappa shape index (κ1) is 19.1. The summed E-state index contributed by atoms with van der Waals surface area (Å²) in [7, 11) is 3.89. The molecule has 3 aromatic heterocycles. The Labute approximate surface area is 173 Å². The number of nitrogens with zero attached hydrogens (tertiary/aromatic N) is 4. The van der Waals surface area contributed by atoms with Crippen LogP contribution in [0.5, 0.6) is 0 Å². The molecule has 0 saturated carbocycles. The van der Waals surface area contributed by atoms with E-state index in [2.05, 4.69) is 27.5 Å². The summed E-state index contributed by atoms with van der Waals surface area (Å²) in [5.74, 6) is 0.781. The lowest BCUT2D eigenvalue weighted by Gasteiger charge is -2.15. The van der Waals surface area contributed by atoms with Crippen molar-refractivity contribution in [2.75, 3.05) is 19.0 Å². The summed E-state index contributed by atoms with van der Waals surface area (Å²) in [6, 6.07) is 16.0. The van der Waals surface area contributed by atoms with Crippen molar-refractivity contribution < 1.29 is 4.79 Å². The molecule has 29 heavy (non-hydrogen) atoms. The maximum atomic E-state index is 12.8. The number of thiophene rings is 1. The normalized spacial score (nSPS) is 11.0. The van der Waals surface area contributed by atoms with E-state index in [4.69, 9.17) is 0 Å². The number of aryl methyl sites for hydroxylation is 1. The van der Waals surface area contributed by atoms with Crippen LogP contribution in [0, 0.1) is 6.92 Å². The van der Waals surface area contributed by atoms with Crippen molar-refractivity contribution in [3.05, 3.63) is 76.4 Å². The van der Waals surface area contributed by atoms with Gasteiger partial charge in [0.1, 0.15) is 10.6 Å². The molecule has 4 rings (SSSR count). The highest BCUT2D eigenvalue weighted by Crippen LogP contribution is 2.29. The molecule has 6 nitrogen and oxygen atoms in total. The predicted octanol–water partition coefficient (Wildman–Crippen LogP) is 3.85. The molecule has 7 heteroatoms. The second-order valence-corrected chi connectivity index (χ2v) is 8.15.